The van der Waals surface area contributed by atoms with Crippen molar-refractivity contribution in [1.29, 1.82) is 0 Å². The summed E-state index contributed by atoms with van der Waals surface area (Å²) in [5, 5.41) is 22.6. The van der Waals surface area contributed by atoms with Crippen LogP contribution in [0.2, 0.25) is 0 Å². The van der Waals surface area contributed by atoms with Gasteiger partial charge >= 0.3 is 12.1 Å². The van der Waals surface area contributed by atoms with Gasteiger partial charge in [-0.05, 0) is 22.3 Å². The van der Waals surface area contributed by atoms with Crippen LogP contribution in [0.25, 0.3) is 11.1 Å². The molecule has 2 amide bonds. The average molecular weight is 428 g/mol. The maximum atomic E-state index is 12.4. The Labute approximate surface area is 179 Å². The molecule has 1 aliphatic carbocycles. The van der Waals surface area contributed by atoms with Crippen molar-refractivity contribution >= 4 is 18.0 Å². The molecular weight excluding hydrogens is 404 g/mol. The number of amides is 2. The Morgan fingerprint density at radius 2 is 1.55 bits per heavy atom. The lowest BCUT2D eigenvalue weighted by Gasteiger charge is -2.20. The van der Waals surface area contributed by atoms with Crippen LogP contribution in [0.5, 0.6) is 0 Å². The molecule has 2 aromatic rings. The number of benzene rings is 2. The number of nitrogens with one attached hydrogen (secondary N) is 2. The van der Waals surface area contributed by atoms with Crippen LogP contribution in [0.15, 0.2) is 48.5 Å². The molecule has 0 aromatic heterocycles. The summed E-state index contributed by atoms with van der Waals surface area (Å²) in [4.78, 5) is 35.7. The lowest BCUT2D eigenvalue weighted by Crippen LogP contribution is -2.54. The van der Waals surface area contributed by atoms with Gasteiger partial charge in [0.1, 0.15) is 18.7 Å². The second-order valence-corrected chi connectivity index (χ2v) is 7.06. The van der Waals surface area contributed by atoms with Gasteiger partial charge in [0.15, 0.2) is 0 Å². The number of alkyl carbamates (subject to hydrolysis) is 1. The second-order valence-electron chi connectivity index (χ2n) is 7.06. The number of aliphatic carboxylic acids is 1. The molecule has 2 aromatic carbocycles. The zero-order valence-electron chi connectivity index (χ0n) is 16.9. The molecule has 4 N–H and O–H groups in total. The quantitative estimate of drug-likeness (QED) is 0.470. The number of carbonyl (C=O) groups is 3. The molecule has 9 nitrogen and oxygen atoms in total. The van der Waals surface area contributed by atoms with Gasteiger partial charge in [0.2, 0.25) is 5.91 Å². The van der Waals surface area contributed by atoms with Gasteiger partial charge in [0.25, 0.3) is 0 Å². The monoisotopic (exact) mass is 428 g/mol. The van der Waals surface area contributed by atoms with Crippen molar-refractivity contribution in [3.8, 4) is 11.1 Å². The third kappa shape index (κ3) is 5.01. The van der Waals surface area contributed by atoms with E-state index in [0.29, 0.717) is 0 Å². The van der Waals surface area contributed by atoms with Gasteiger partial charge in [0, 0.05) is 13.0 Å². The minimum absolute atomic E-state index is 0.0651. The molecule has 0 saturated heterocycles. The van der Waals surface area contributed by atoms with E-state index in [9.17, 15) is 14.4 Å². The van der Waals surface area contributed by atoms with E-state index in [-0.39, 0.29) is 19.1 Å². The number of hydrogen-bond donors (Lipinski definition) is 4. The van der Waals surface area contributed by atoms with Gasteiger partial charge in [-0.25, -0.2) is 9.59 Å². The SMILES string of the molecule is COCC(NC(=O)OCC1c2ccccc2-c2ccccc21)C(=O)NC(CO)C(=O)O. The summed E-state index contributed by atoms with van der Waals surface area (Å²) < 4.78 is 10.3. The van der Waals surface area contributed by atoms with Gasteiger partial charge in [-0.15, -0.1) is 0 Å². The lowest BCUT2D eigenvalue weighted by molar-refractivity contribution is -0.143. The van der Waals surface area contributed by atoms with Crippen molar-refractivity contribution in [2.75, 3.05) is 26.9 Å². The Kier molecular flexibility index (Phi) is 7.22. The highest BCUT2D eigenvalue weighted by molar-refractivity contribution is 5.89. The van der Waals surface area contributed by atoms with Crippen LogP contribution in [0, 0.1) is 0 Å². The molecule has 0 saturated carbocycles. The van der Waals surface area contributed by atoms with Gasteiger partial charge in [-0.1, -0.05) is 48.5 Å². The van der Waals surface area contributed by atoms with Gasteiger partial charge in [-0.2, -0.15) is 0 Å². The third-order valence-electron chi connectivity index (χ3n) is 5.08. The van der Waals surface area contributed by atoms with E-state index in [0.717, 1.165) is 22.3 Å². The van der Waals surface area contributed by atoms with E-state index < -0.39 is 36.7 Å². The summed E-state index contributed by atoms with van der Waals surface area (Å²) in [6, 6.07) is 13.1. The van der Waals surface area contributed by atoms with Crippen molar-refractivity contribution in [2.24, 2.45) is 0 Å². The fourth-order valence-electron chi connectivity index (χ4n) is 3.59. The smallest absolute Gasteiger partial charge is 0.407 e. The summed E-state index contributed by atoms with van der Waals surface area (Å²) in [7, 11) is 1.33. The summed E-state index contributed by atoms with van der Waals surface area (Å²) in [6.45, 7) is -0.922. The predicted molar refractivity (Wildman–Crippen MR) is 111 cm³/mol. The van der Waals surface area contributed by atoms with Crippen molar-refractivity contribution in [3.63, 3.8) is 0 Å². The van der Waals surface area contributed by atoms with Crippen molar-refractivity contribution in [3.05, 3.63) is 59.7 Å². The molecule has 1 aliphatic rings. The number of fused-ring (bicyclic) bond motifs is 3. The van der Waals surface area contributed by atoms with Crippen molar-refractivity contribution in [1.82, 2.24) is 10.6 Å². The maximum Gasteiger partial charge on any atom is 0.407 e. The highest BCUT2D eigenvalue weighted by Crippen LogP contribution is 2.44. The molecule has 0 spiro atoms. The predicted octanol–water partition coefficient (Wildman–Crippen LogP) is 1.10. The number of methoxy groups -OCH3 is 1. The zero-order chi connectivity index (χ0) is 22.4. The molecule has 0 aliphatic heterocycles. The van der Waals surface area contributed by atoms with Crippen LogP contribution in [0.1, 0.15) is 17.0 Å². The minimum Gasteiger partial charge on any atom is -0.480 e. The zero-order valence-corrected chi connectivity index (χ0v) is 16.9. The first-order valence-electron chi connectivity index (χ1n) is 9.70. The largest absolute Gasteiger partial charge is 0.480 e. The van der Waals surface area contributed by atoms with Gasteiger partial charge in [-0.3, -0.25) is 4.79 Å². The molecule has 164 valence electrons. The highest BCUT2D eigenvalue weighted by Gasteiger charge is 2.30. The van der Waals surface area contributed by atoms with Crippen LogP contribution >= 0.6 is 0 Å². The lowest BCUT2D eigenvalue weighted by atomic mass is 9.98. The Morgan fingerprint density at radius 1 is 0.968 bits per heavy atom. The summed E-state index contributed by atoms with van der Waals surface area (Å²) in [5.41, 5.74) is 4.28. The van der Waals surface area contributed by atoms with E-state index in [1.54, 1.807) is 0 Å². The molecule has 2 atom stereocenters. The minimum atomic E-state index is -1.49. The van der Waals surface area contributed by atoms with Crippen LogP contribution in [0.3, 0.4) is 0 Å². The number of hydrogen-bond acceptors (Lipinski definition) is 6. The number of carboxylic acid groups (broad SMARTS) is 1. The Morgan fingerprint density at radius 3 is 2.06 bits per heavy atom. The average Bonchev–Trinajstić information content (AvgIpc) is 3.09. The summed E-state index contributed by atoms with van der Waals surface area (Å²) >= 11 is 0. The Bertz CT molecular complexity index is 917. The van der Waals surface area contributed by atoms with Crippen molar-refractivity contribution < 1.29 is 34.1 Å². The number of aliphatic hydroxyl groups excluding tert-OH is 1. The first-order valence-corrected chi connectivity index (χ1v) is 9.70. The molecule has 0 radical (unpaired) electrons. The second kappa shape index (κ2) is 10.1. The molecular formula is C22H24N2O7. The number of rotatable bonds is 9. The molecule has 3 rings (SSSR count). The van der Waals surface area contributed by atoms with Crippen LogP contribution in [-0.2, 0) is 19.1 Å². The van der Waals surface area contributed by atoms with Crippen LogP contribution in [0.4, 0.5) is 4.79 Å². The normalized spacial score (nSPS) is 14.1. The van der Waals surface area contributed by atoms with Crippen molar-refractivity contribution in [2.45, 2.75) is 18.0 Å². The van der Waals surface area contributed by atoms with Crippen LogP contribution in [-0.4, -0.2) is 67.2 Å². The van der Waals surface area contributed by atoms with E-state index >= 15 is 0 Å². The standard InChI is InChI=1S/C22H24N2O7/c1-30-12-19(20(26)23-18(10-25)21(27)28)24-22(29)31-11-17-15-8-4-2-6-13(15)14-7-3-5-9-16(14)17/h2-9,17-19,25H,10-12H2,1H3,(H,23,26)(H,24,29)(H,27,28). The Balaban J connectivity index is 1.64. The Hall–Kier alpha value is -3.43. The first kappa shape index (κ1) is 22.3. The highest BCUT2D eigenvalue weighted by atomic mass is 16.5. The molecule has 31 heavy (non-hydrogen) atoms. The summed E-state index contributed by atoms with van der Waals surface area (Å²) in [5.74, 6) is -2.34. The number of carboxylic acids is 1. The number of carbonyl (C=O) groups excluding carboxylic acids is 2. The van der Waals surface area contributed by atoms with Gasteiger partial charge < -0.3 is 30.3 Å². The first-order chi connectivity index (χ1) is 15.0. The summed E-state index contributed by atoms with van der Waals surface area (Å²) in [6.07, 6.45) is -0.838. The molecule has 0 fully saturated rings. The van der Waals surface area contributed by atoms with E-state index in [2.05, 4.69) is 10.6 Å². The van der Waals surface area contributed by atoms with Crippen LogP contribution < -0.4 is 10.6 Å². The maximum absolute atomic E-state index is 12.4. The van der Waals surface area contributed by atoms with Gasteiger partial charge in [0.05, 0.1) is 13.2 Å². The van der Waals surface area contributed by atoms with E-state index in [4.69, 9.17) is 19.7 Å². The molecule has 2 unspecified atom stereocenters. The topological polar surface area (TPSA) is 134 Å². The number of ether oxygens (including phenoxy) is 2. The molecule has 0 bridgehead atoms. The van der Waals surface area contributed by atoms with E-state index in [1.807, 2.05) is 48.5 Å². The van der Waals surface area contributed by atoms with E-state index in [1.165, 1.54) is 7.11 Å². The molecule has 0 heterocycles. The molecule has 9 heteroatoms. The number of aliphatic hydroxyl groups is 1. The fraction of sp³-hybridized carbons (Fsp3) is 0.318. The fourth-order valence-corrected chi connectivity index (χ4v) is 3.59. The third-order valence-corrected chi connectivity index (χ3v) is 5.08.